The molecule has 1 amide bonds. The predicted octanol–water partition coefficient (Wildman–Crippen LogP) is 2.23. The fourth-order valence-corrected chi connectivity index (χ4v) is 5.37. The van der Waals surface area contributed by atoms with E-state index in [0.29, 0.717) is 18.0 Å². The Morgan fingerprint density at radius 3 is 2.42 bits per heavy atom. The fraction of sp³-hybridized carbons (Fsp3) is 0.500. The second-order valence-corrected chi connectivity index (χ2v) is 11.6. The number of aliphatic hydroxyl groups excluding tert-OH is 1. The molecule has 1 heterocycles. The Labute approximate surface area is 214 Å². The first kappa shape index (κ1) is 27.8. The maximum atomic E-state index is 13.3. The van der Waals surface area contributed by atoms with Gasteiger partial charge in [0.05, 0.1) is 37.6 Å². The molecule has 2 aromatic rings. The second-order valence-electron chi connectivity index (χ2n) is 9.54. The Morgan fingerprint density at radius 1 is 1.17 bits per heavy atom. The van der Waals surface area contributed by atoms with Gasteiger partial charge >= 0.3 is 0 Å². The maximum Gasteiger partial charge on any atom is 0.242 e. The largest absolute Gasteiger partial charge is 0.497 e. The number of carbonyl (C=O) groups is 1. The summed E-state index contributed by atoms with van der Waals surface area (Å²) in [4.78, 5) is 17.0. The monoisotopic (exact) mass is 519 g/mol. The molecule has 3 atom stereocenters. The number of nitrogens with zero attached hydrogens (tertiary/aromatic N) is 3. The van der Waals surface area contributed by atoms with Crippen molar-refractivity contribution in [3.8, 4) is 11.5 Å². The molecule has 0 saturated heterocycles. The molecule has 3 rings (SSSR count). The normalized spacial score (nSPS) is 19.6. The van der Waals surface area contributed by atoms with Crippen molar-refractivity contribution in [2.75, 3.05) is 52.8 Å². The molecule has 0 bridgehead atoms. The minimum atomic E-state index is -3.79. The Bertz CT molecular complexity index is 1150. The number of anilines is 1. The molecule has 1 aliphatic heterocycles. The molecule has 1 aliphatic rings. The van der Waals surface area contributed by atoms with Gasteiger partial charge in [-0.1, -0.05) is 6.92 Å². The first-order chi connectivity index (χ1) is 17.0. The molecule has 0 fully saturated rings. The number of sulfonamides is 1. The topological polar surface area (TPSA) is 99.6 Å². The van der Waals surface area contributed by atoms with Crippen molar-refractivity contribution in [2.45, 2.75) is 37.3 Å². The molecule has 198 valence electrons. The number of benzene rings is 2. The lowest BCUT2D eigenvalue weighted by Crippen LogP contribution is -2.48. The number of methoxy groups -OCH3 is 1. The number of hydrogen-bond acceptors (Lipinski definition) is 7. The smallest absolute Gasteiger partial charge is 0.242 e. The summed E-state index contributed by atoms with van der Waals surface area (Å²) < 4.78 is 39.4. The average molecular weight is 520 g/mol. The van der Waals surface area contributed by atoms with Gasteiger partial charge in [-0.15, -0.1) is 0 Å². The van der Waals surface area contributed by atoms with Gasteiger partial charge in [-0.25, -0.2) is 8.42 Å². The van der Waals surface area contributed by atoms with Gasteiger partial charge in [-0.3, -0.25) is 4.79 Å². The highest BCUT2D eigenvalue weighted by atomic mass is 32.2. The molecular formula is C26H37N3O6S. The van der Waals surface area contributed by atoms with E-state index in [2.05, 4.69) is 0 Å². The molecule has 9 nitrogen and oxygen atoms in total. The van der Waals surface area contributed by atoms with Gasteiger partial charge in [0.1, 0.15) is 17.6 Å². The Hall–Kier alpha value is -2.82. The Balaban J connectivity index is 1.96. The summed E-state index contributed by atoms with van der Waals surface area (Å²) in [6.07, 6.45) is -0.410. The second kappa shape index (κ2) is 11.5. The van der Waals surface area contributed by atoms with Crippen LogP contribution >= 0.6 is 0 Å². The lowest BCUT2D eigenvalue weighted by molar-refractivity contribution is -0.134. The summed E-state index contributed by atoms with van der Waals surface area (Å²) in [7, 11) is 3.10. The van der Waals surface area contributed by atoms with Gasteiger partial charge in [0.25, 0.3) is 0 Å². The van der Waals surface area contributed by atoms with E-state index in [1.165, 1.54) is 30.6 Å². The minimum absolute atomic E-state index is 0.0833. The van der Waals surface area contributed by atoms with Crippen LogP contribution in [0.5, 0.6) is 11.5 Å². The third-order valence-electron chi connectivity index (χ3n) is 6.62. The third kappa shape index (κ3) is 6.11. The van der Waals surface area contributed by atoms with Crippen LogP contribution in [-0.2, 0) is 21.2 Å². The van der Waals surface area contributed by atoms with E-state index in [9.17, 15) is 18.3 Å². The lowest BCUT2D eigenvalue weighted by atomic mass is 10.0. The molecule has 10 heteroatoms. The van der Waals surface area contributed by atoms with Crippen molar-refractivity contribution in [2.24, 2.45) is 5.92 Å². The predicted molar refractivity (Wildman–Crippen MR) is 139 cm³/mol. The molecule has 0 spiro atoms. The number of fused-ring (bicyclic) bond motifs is 1. The zero-order valence-electron chi connectivity index (χ0n) is 21.8. The first-order valence-corrected chi connectivity index (χ1v) is 13.4. The van der Waals surface area contributed by atoms with E-state index in [1.807, 2.05) is 44.1 Å². The summed E-state index contributed by atoms with van der Waals surface area (Å²) in [6.45, 7) is 3.98. The lowest BCUT2D eigenvalue weighted by Gasteiger charge is -2.33. The van der Waals surface area contributed by atoms with E-state index in [1.54, 1.807) is 24.0 Å². The molecule has 1 N–H and O–H groups in total. The van der Waals surface area contributed by atoms with Gasteiger partial charge < -0.3 is 24.4 Å². The SMILES string of the molecule is COc1ccc(S(=O)(=O)N(C)C[C@H]2Oc3ccc(N(C)C)cc3CC(=O)N([C@H](C)CO)C[C@@H]2C)cc1. The molecule has 0 aliphatic carbocycles. The van der Waals surface area contributed by atoms with Crippen molar-refractivity contribution < 1.29 is 27.8 Å². The van der Waals surface area contributed by atoms with Crippen molar-refractivity contribution in [1.82, 2.24) is 9.21 Å². The standard InChI is InChI=1S/C26H37N3O6S/c1-18-15-29(19(2)17-30)26(31)14-20-13-21(27(3)4)7-12-24(20)35-25(18)16-28(5)36(32,33)23-10-8-22(34-6)9-11-23/h7-13,18-19,25,30H,14-17H2,1-6H3/t18-,19+,25+/m0/s1. The van der Waals surface area contributed by atoms with E-state index in [4.69, 9.17) is 9.47 Å². The van der Waals surface area contributed by atoms with Gasteiger partial charge in [-0.05, 0) is 49.4 Å². The van der Waals surface area contributed by atoms with E-state index >= 15 is 0 Å². The van der Waals surface area contributed by atoms with Crippen LogP contribution in [0, 0.1) is 5.92 Å². The molecule has 2 aromatic carbocycles. The van der Waals surface area contributed by atoms with E-state index < -0.39 is 16.1 Å². The summed E-state index contributed by atoms with van der Waals surface area (Å²) in [5.41, 5.74) is 1.65. The zero-order chi connectivity index (χ0) is 26.6. The van der Waals surface area contributed by atoms with Crippen LogP contribution in [-0.4, -0.2) is 88.7 Å². The molecular weight excluding hydrogens is 482 g/mol. The Kier molecular flexibility index (Phi) is 8.86. The number of carbonyl (C=O) groups excluding carboxylic acids is 1. The van der Waals surface area contributed by atoms with Gasteiger partial charge in [0.15, 0.2) is 0 Å². The zero-order valence-corrected chi connectivity index (χ0v) is 22.7. The summed E-state index contributed by atoms with van der Waals surface area (Å²) in [6, 6.07) is 11.5. The summed E-state index contributed by atoms with van der Waals surface area (Å²) in [5.74, 6) is 0.806. The maximum absolute atomic E-state index is 13.3. The highest BCUT2D eigenvalue weighted by Crippen LogP contribution is 2.30. The van der Waals surface area contributed by atoms with Crippen molar-refractivity contribution in [1.29, 1.82) is 0 Å². The van der Waals surface area contributed by atoms with Crippen LogP contribution in [0.25, 0.3) is 0 Å². The van der Waals surface area contributed by atoms with Crippen LogP contribution in [0.4, 0.5) is 5.69 Å². The molecule has 36 heavy (non-hydrogen) atoms. The molecule has 0 aromatic heterocycles. The van der Waals surface area contributed by atoms with Crippen molar-refractivity contribution >= 4 is 21.6 Å². The van der Waals surface area contributed by atoms with E-state index in [0.717, 1.165) is 11.3 Å². The van der Waals surface area contributed by atoms with Crippen LogP contribution in [0.1, 0.15) is 19.4 Å². The number of ether oxygens (including phenoxy) is 2. The van der Waals surface area contributed by atoms with Crippen LogP contribution in [0.2, 0.25) is 0 Å². The molecule has 0 unspecified atom stereocenters. The highest BCUT2D eigenvalue weighted by Gasteiger charge is 2.33. The summed E-state index contributed by atoms with van der Waals surface area (Å²) in [5, 5.41) is 9.79. The number of amides is 1. The number of likely N-dealkylation sites (N-methyl/N-ethyl adjacent to an activating group) is 1. The minimum Gasteiger partial charge on any atom is -0.497 e. The van der Waals surface area contributed by atoms with Gasteiger partial charge in [0.2, 0.25) is 15.9 Å². The Morgan fingerprint density at radius 2 is 1.83 bits per heavy atom. The third-order valence-corrected chi connectivity index (χ3v) is 8.46. The van der Waals surface area contributed by atoms with E-state index in [-0.39, 0.29) is 42.3 Å². The quantitative estimate of drug-likeness (QED) is 0.571. The summed E-state index contributed by atoms with van der Waals surface area (Å²) >= 11 is 0. The van der Waals surface area contributed by atoms with Crippen molar-refractivity contribution in [3.05, 3.63) is 48.0 Å². The highest BCUT2D eigenvalue weighted by molar-refractivity contribution is 7.89. The molecule has 0 radical (unpaired) electrons. The van der Waals surface area contributed by atoms with Gasteiger partial charge in [0, 0.05) is 44.9 Å². The number of aliphatic hydroxyl groups is 1. The average Bonchev–Trinajstić information content (AvgIpc) is 2.90. The van der Waals surface area contributed by atoms with Crippen LogP contribution < -0.4 is 14.4 Å². The van der Waals surface area contributed by atoms with Crippen LogP contribution in [0.3, 0.4) is 0 Å². The van der Waals surface area contributed by atoms with Crippen molar-refractivity contribution in [3.63, 3.8) is 0 Å². The number of hydrogen-bond donors (Lipinski definition) is 1. The van der Waals surface area contributed by atoms with Crippen LogP contribution in [0.15, 0.2) is 47.4 Å². The number of rotatable bonds is 8. The fourth-order valence-electron chi connectivity index (χ4n) is 4.19. The van der Waals surface area contributed by atoms with Gasteiger partial charge in [-0.2, -0.15) is 4.31 Å². The molecule has 0 saturated carbocycles. The first-order valence-electron chi connectivity index (χ1n) is 12.0.